The molecule has 132 valence electrons. The van der Waals surface area contributed by atoms with Gasteiger partial charge >= 0.3 is 0 Å². The smallest absolute Gasteiger partial charge is 0.251 e. The van der Waals surface area contributed by atoms with Crippen molar-refractivity contribution in [1.29, 1.82) is 0 Å². The summed E-state index contributed by atoms with van der Waals surface area (Å²) in [7, 11) is 1.84. The lowest BCUT2D eigenvalue weighted by Crippen LogP contribution is -2.40. The molecule has 1 saturated heterocycles. The highest BCUT2D eigenvalue weighted by Crippen LogP contribution is 2.24. The number of aromatic nitrogens is 2. The Morgan fingerprint density at radius 1 is 1.32 bits per heavy atom. The molecule has 1 aromatic heterocycles. The van der Waals surface area contributed by atoms with Crippen molar-refractivity contribution in [2.75, 3.05) is 30.4 Å². The summed E-state index contributed by atoms with van der Waals surface area (Å²) < 4.78 is 0. The Labute approximate surface area is 147 Å². The zero-order valence-electron chi connectivity index (χ0n) is 14.4. The second-order valence-corrected chi connectivity index (χ2v) is 6.11. The van der Waals surface area contributed by atoms with Crippen molar-refractivity contribution in [2.24, 2.45) is 5.73 Å². The van der Waals surface area contributed by atoms with Gasteiger partial charge in [-0.25, -0.2) is 9.97 Å². The van der Waals surface area contributed by atoms with E-state index in [4.69, 9.17) is 5.73 Å². The SMILES string of the molecule is CNc1cc(N2CCCC2CNC(=O)c2ccc(CN)cc2)ncn1. The van der Waals surface area contributed by atoms with Gasteiger partial charge in [0.1, 0.15) is 18.0 Å². The van der Waals surface area contributed by atoms with Crippen LogP contribution in [0.2, 0.25) is 0 Å². The van der Waals surface area contributed by atoms with Crippen molar-refractivity contribution in [3.63, 3.8) is 0 Å². The first-order chi connectivity index (χ1) is 12.2. The van der Waals surface area contributed by atoms with E-state index in [1.54, 1.807) is 6.33 Å². The first-order valence-electron chi connectivity index (χ1n) is 8.55. The van der Waals surface area contributed by atoms with Gasteiger partial charge in [-0.3, -0.25) is 4.79 Å². The van der Waals surface area contributed by atoms with Gasteiger partial charge in [-0.15, -0.1) is 0 Å². The molecule has 2 aromatic rings. The predicted octanol–water partition coefficient (Wildman–Crippen LogP) is 1.38. The first-order valence-corrected chi connectivity index (χ1v) is 8.55. The zero-order valence-corrected chi connectivity index (χ0v) is 14.4. The monoisotopic (exact) mass is 340 g/mol. The van der Waals surface area contributed by atoms with Crippen molar-refractivity contribution in [3.8, 4) is 0 Å². The van der Waals surface area contributed by atoms with Crippen molar-refractivity contribution >= 4 is 17.5 Å². The van der Waals surface area contributed by atoms with E-state index >= 15 is 0 Å². The fraction of sp³-hybridized carbons (Fsp3) is 0.389. The lowest BCUT2D eigenvalue weighted by atomic mass is 10.1. The topological polar surface area (TPSA) is 96.2 Å². The molecule has 0 bridgehead atoms. The number of anilines is 2. The highest BCUT2D eigenvalue weighted by Gasteiger charge is 2.26. The molecule has 7 heteroatoms. The summed E-state index contributed by atoms with van der Waals surface area (Å²) in [5, 5.41) is 6.07. The first kappa shape index (κ1) is 17.2. The molecule has 3 rings (SSSR count). The number of carbonyl (C=O) groups is 1. The number of nitrogens with one attached hydrogen (secondary N) is 2. The number of nitrogens with zero attached hydrogens (tertiary/aromatic N) is 3. The molecule has 1 aliphatic heterocycles. The van der Waals surface area contributed by atoms with Gasteiger partial charge in [0.15, 0.2) is 0 Å². The summed E-state index contributed by atoms with van der Waals surface area (Å²) in [6.07, 6.45) is 3.68. The number of amides is 1. The van der Waals surface area contributed by atoms with E-state index in [-0.39, 0.29) is 11.9 Å². The number of hydrogen-bond acceptors (Lipinski definition) is 6. The quantitative estimate of drug-likeness (QED) is 0.735. The molecule has 0 spiro atoms. The molecule has 7 nitrogen and oxygen atoms in total. The van der Waals surface area contributed by atoms with Crippen molar-refractivity contribution in [2.45, 2.75) is 25.4 Å². The molecule has 1 amide bonds. The molecule has 2 heterocycles. The largest absolute Gasteiger partial charge is 0.373 e. The minimum Gasteiger partial charge on any atom is -0.373 e. The van der Waals surface area contributed by atoms with Crippen LogP contribution in [0.3, 0.4) is 0 Å². The molecule has 1 fully saturated rings. The number of carbonyl (C=O) groups excluding carboxylic acids is 1. The molecule has 0 aliphatic carbocycles. The Morgan fingerprint density at radius 3 is 2.84 bits per heavy atom. The van der Waals surface area contributed by atoms with Crippen molar-refractivity contribution in [3.05, 3.63) is 47.8 Å². The third-order valence-corrected chi connectivity index (χ3v) is 4.53. The third kappa shape index (κ3) is 4.06. The summed E-state index contributed by atoms with van der Waals surface area (Å²) in [5.41, 5.74) is 7.26. The lowest BCUT2D eigenvalue weighted by Gasteiger charge is -2.26. The van der Waals surface area contributed by atoms with Crippen molar-refractivity contribution < 1.29 is 4.79 Å². The Balaban J connectivity index is 1.62. The summed E-state index contributed by atoms with van der Waals surface area (Å²) >= 11 is 0. The van der Waals surface area contributed by atoms with Gasteiger partial charge in [0.25, 0.3) is 5.91 Å². The second kappa shape index (κ2) is 7.94. The molecule has 0 saturated carbocycles. The molecule has 1 atom stereocenters. The summed E-state index contributed by atoms with van der Waals surface area (Å²) in [6.45, 7) is 2.01. The van der Waals surface area contributed by atoms with Gasteiger partial charge < -0.3 is 21.3 Å². The van der Waals surface area contributed by atoms with Crippen LogP contribution in [0.25, 0.3) is 0 Å². The third-order valence-electron chi connectivity index (χ3n) is 4.53. The molecular formula is C18H24N6O. The maximum atomic E-state index is 12.3. The van der Waals surface area contributed by atoms with Crippen LogP contribution >= 0.6 is 0 Å². The van der Waals surface area contributed by atoms with E-state index in [2.05, 4.69) is 25.5 Å². The summed E-state index contributed by atoms with van der Waals surface area (Å²) in [4.78, 5) is 23.1. The number of hydrogen-bond donors (Lipinski definition) is 3. The minimum atomic E-state index is -0.0611. The van der Waals surface area contributed by atoms with Crippen molar-refractivity contribution in [1.82, 2.24) is 15.3 Å². The van der Waals surface area contributed by atoms with E-state index in [0.717, 1.165) is 36.6 Å². The molecule has 0 radical (unpaired) electrons. The number of benzene rings is 1. The number of nitrogens with two attached hydrogens (primary N) is 1. The van der Waals surface area contributed by atoms with E-state index in [9.17, 15) is 4.79 Å². The molecule has 1 unspecified atom stereocenters. The molecule has 25 heavy (non-hydrogen) atoms. The van der Waals surface area contributed by atoms with Gasteiger partial charge in [-0.2, -0.15) is 0 Å². The molecule has 4 N–H and O–H groups in total. The van der Waals surface area contributed by atoms with Crippen LogP contribution in [0.4, 0.5) is 11.6 Å². The average molecular weight is 340 g/mol. The van der Waals surface area contributed by atoms with Crippen LogP contribution in [0.1, 0.15) is 28.8 Å². The van der Waals surface area contributed by atoms with E-state index in [1.165, 1.54) is 0 Å². The van der Waals surface area contributed by atoms with Crippen LogP contribution in [0.5, 0.6) is 0 Å². The van der Waals surface area contributed by atoms with Crippen LogP contribution in [0, 0.1) is 0 Å². The van der Waals surface area contributed by atoms with E-state index < -0.39 is 0 Å². The molecular weight excluding hydrogens is 316 g/mol. The van der Waals surface area contributed by atoms with Crippen LogP contribution in [-0.4, -0.2) is 42.1 Å². The average Bonchev–Trinajstić information content (AvgIpc) is 3.15. The second-order valence-electron chi connectivity index (χ2n) is 6.11. The fourth-order valence-electron chi connectivity index (χ4n) is 3.10. The maximum Gasteiger partial charge on any atom is 0.251 e. The Bertz CT molecular complexity index is 718. The van der Waals surface area contributed by atoms with Gasteiger partial charge in [0, 0.05) is 44.4 Å². The highest BCUT2D eigenvalue weighted by molar-refractivity contribution is 5.94. The maximum absolute atomic E-state index is 12.3. The Kier molecular flexibility index (Phi) is 5.45. The zero-order chi connectivity index (χ0) is 17.6. The number of rotatable bonds is 6. The fourth-order valence-corrected chi connectivity index (χ4v) is 3.10. The van der Waals surface area contributed by atoms with Gasteiger partial charge in [0.2, 0.25) is 0 Å². The van der Waals surface area contributed by atoms with Gasteiger partial charge in [-0.05, 0) is 30.5 Å². The highest BCUT2D eigenvalue weighted by atomic mass is 16.1. The standard InChI is InChI=1S/C18H24N6O/c1-20-16-9-17(23-12-22-16)24-8-2-3-15(24)11-21-18(25)14-6-4-13(10-19)5-7-14/h4-7,9,12,15H,2-3,8,10-11,19H2,1H3,(H,21,25)(H,20,22,23). The van der Waals surface area contributed by atoms with E-state index in [1.807, 2.05) is 37.4 Å². The molecule has 1 aromatic carbocycles. The summed E-state index contributed by atoms with van der Waals surface area (Å²) in [5.74, 6) is 1.62. The Morgan fingerprint density at radius 2 is 2.12 bits per heavy atom. The normalized spacial score (nSPS) is 16.7. The molecule has 1 aliphatic rings. The predicted molar refractivity (Wildman–Crippen MR) is 98.6 cm³/mol. The van der Waals surface area contributed by atoms with Gasteiger partial charge in [-0.1, -0.05) is 12.1 Å². The summed E-state index contributed by atoms with van der Waals surface area (Å²) in [6, 6.07) is 9.58. The Hall–Kier alpha value is -2.67. The minimum absolute atomic E-state index is 0.0611. The van der Waals surface area contributed by atoms with E-state index in [0.29, 0.717) is 18.7 Å². The van der Waals surface area contributed by atoms with Crippen LogP contribution in [0.15, 0.2) is 36.7 Å². The lowest BCUT2D eigenvalue weighted by molar-refractivity contribution is 0.0951. The van der Waals surface area contributed by atoms with Crippen LogP contribution < -0.4 is 21.3 Å². The van der Waals surface area contributed by atoms with Gasteiger partial charge in [0.05, 0.1) is 0 Å². The van der Waals surface area contributed by atoms with Crippen LogP contribution in [-0.2, 0) is 6.54 Å².